The average molecular weight is 335 g/mol. The third kappa shape index (κ3) is 2.61. The second kappa shape index (κ2) is 5.53. The molecule has 6 heteroatoms. The number of carbonyl (C=O) groups is 1. The Balaban J connectivity index is 1.51. The van der Waals surface area contributed by atoms with Crippen molar-refractivity contribution in [2.24, 2.45) is 16.7 Å². The highest BCUT2D eigenvalue weighted by Crippen LogP contribution is 2.63. The van der Waals surface area contributed by atoms with E-state index in [0.717, 1.165) is 50.8 Å². The molecule has 2 saturated heterocycles. The number of carbonyl (C=O) groups excluding carboxylic acids is 1. The number of amides is 1. The normalized spacial score (nSPS) is 33.3. The van der Waals surface area contributed by atoms with Gasteiger partial charge in [-0.1, -0.05) is 13.8 Å². The van der Waals surface area contributed by atoms with E-state index >= 15 is 0 Å². The summed E-state index contributed by atoms with van der Waals surface area (Å²) in [6.07, 6.45) is 2.94. The second-order valence-electron chi connectivity index (χ2n) is 8.03. The van der Waals surface area contributed by atoms with Crippen LogP contribution in [-0.4, -0.2) is 66.0 Å². The van der Waals surface area contributed by atoms with Crippen LogP contribution in [0.15, 0.2) is 12.3 Å². The maximum Gasteiger partial charge on any atom is 0.265 e. The molecule has 3 aliphatic rings. The summed E-state index contributed by atoms with van der Waals surface area (Å²) in [6.45, 7) is 11.3. The molecule has 3 heterocycles. The third-order valence-corrected chi connectivity index (χ3v) is 6.71. The summed E-state index contributed by atoms with van der Waals surface area (Å²) in [7, 11) is 0. The summed E-state index contributed by atoms with van der Waals surface area (Å²) >= 11 is 1.31. The highest BCUT2D eigenvalue weighted by molar-refractivity contribution is 7.08. The Morgan fingerprint density at radius 1 is 1.43 bits per heavy atom. The molecule has 1 aliphatic carbocycles. The molecule has 0 bridgehead atoms. The first-order valence-electron chi connectivity index (χ1n) is 8.50. The molecule has 0 N–H and O–H groups in total. The van der Waals surface area contributed by atoms with Gasteiger partial charge in [0.15, 0.2) is 0 Å². The first kappa shape index (κ1) is 15.5. The topological polar surface area (TPSA) is 45.7 Å². The fraction of sp³-hybridized carbons (Fsp3) is 0.765. The lowest BCUT2D eigenvalue weighted by atomic mass is 9.48. The lowest BCUT2D eigenvalue weighted by molar-refractivity contribution is -0.0966. The van der Waals surface area contributed by atoms with Gasteiger partial charge in [-0.05, 0) is 35.4 Å². The van der Waals surface area contributed by atoms with Crippen LogP contribution in [0.2, 0.25) is 0 Å². The molecule has 2 aliphatic heterocycles. The number of hydrogen-bond donors (Lipinski definition) is 0. The molecule has 1 saturated carbocycles. The van der Waals surface area contributed by atoms with Gasteiger partial charge < -0.3 is 9.64 Å². The van der Waals surface area contributed by atoms with E-state index in [-0.39, 0.29) is 11.3 Å². The van der Waals surface area contributed by atoms with Crippen LogP contribution in [-0.2, 0) is 4.74 Å². The van der Waals surface area contributed by atoms with Gasteiger partial charge in [0.1, 0.15) is 4.88 Å². The molecule has 1 aromatic rings. The van der Waals surface area contributed by atoms with E-state index in [4.69, 9.17) is 4.74 Å². The molecular formula is C17H25N3O2S. The van der Waals surface area contributed by atoms with Crippen LogP contribution < -0.4 is 0 Å². The van der Waals surface area contributed by atoms with Crippen molar-refractivity contribution in [2.75, 3.05) is 45.9 Å². The molecule has 0 unspecified atom stereocenters. The molecule has 0 aromatic carbocycles. The van der Waals surface area contributed by atoms with Crippen molar-refractivity contribution in [2.45, 2.75) is 20.3 Å². The number of nitrogens with zero attached hydrogens (tertiary/aromatic N) is 3. The van der Waals surface area contributed by atoms with Crippen molar-refractivity contribution in [3.63, 3.8) is 0 Å². The van der Waals surface area contributed by atoms with Crippen molar-refractivity contribution < 1.29 is 9.53 Å². The maximum atomic E-state index is 12.7. The van der Waals surface area contributed by atoms with E-state index in [2.05, 4.69) is 28.0 Å². The first-order chi connectivity index (χ1) is 11.0. The molecule has 1 aromatic heterocycles. The van der Waals surface area contributed by atoms with E-state index in [1.165, 1.54) is 18.0 Å². The van der Waals surface area contributed by atoms with Crippen LogP contribution >= 0.6 is 11.5 Å². The minimum Gasteiger partial charge on any atom is -0.379 e. The number of fused-ring (bicyclic) bond motifs is 1. The summed E-state index contributed by atoms with van der Waals surface area (Å²) in [4.78, 5) is 18.1. The van der Waals surface area contributed by atoms with Crippen molar-refractivity contribution in [3.8, 4) is 0 Å². The molecule has 5 nitrogen and oxygen atoms in total. The van der Waals surface area contributed by atoms with Crippen LogP contribution in [0.25, 0.3) is 0 Å². The lowest BCUT2D eigenvalue weighted by Crippen LogP contribution is -2.59. The number of hydrogen-bond acceptors (Lipinski definition) is 5. The van der Waals surface area contributed by atoms with Crippen molar-refractivity contribution in [3.05, 3.63) is 17.1 Å². The predicted octanol–water partition coefficient (Wildman–Crippen LogP) is 1.96. The van der Waals surface area contributed by atoms with Gasteiger partial charge in [0, 0.05) is 44.3 Å². The van der Waals surface area contributed by atoms with E-state index in [9.17, 15) is 4.79 Å². The van der Waals surface area contributed by atoms with Gasteiger partial charge in [-0.25, -0.2) is 4.37 Å². The number of aromatic nitrogens is 1. The second-order valence-corrected chi connectivity index (χ2v) is 8.86. The van der Waals surface area contributed by atoms with Gasteiger partial charge >= 0.3 is 0 Å². The summed E-state index contributed by atoms with van der Waals surface area (Å²) in [5, 5.41) is 0. The minimum atomic E-state index is 0.166. The zero-order valence-corrected chi connectivity index (χ0v) is 14.8. The lowest BCUT2D eigenvalue weighted by Gasteiger charge is -2.58. The van der Waals surface area contributed by atoms with Gasteiger partial charge in [0.25, 0.3) is 5.91 Å². The SMILES string of the molecule is CC1(C)C[C@]2(CN3CCOCC3)CN(C(=O)c3ccns3)C[C@H]12. The summed E-state index contributed by atoms with van der Waals surface area (Å²) < 4.78 is 9.56. The van der Waals surface area contributed by atoms with Gasteiger partial charge in [0.2, 0.25) is 0 Å². The molecule has 126 valence electrons. The predicted molar refractivity (Wildman–Crippen MR) is 89.6 cm³/mol. The highest BCUT2D eigenvalue weighted by atomic mass is 32.1. The van der Waals surface area contributed by atoms with Crippen LogP contribution in [0.4, 0.5) is 0 Å². The maximum absolute atomic E-state index is 12.7. The number of likely N-dealkylation sites (tertiary alicyclic amines) is 1. The zero-order valence-electron chi connectivity index (χ0n) is 14.0. The summed E-state index contributed by atoms with van der Waals surface area (Å²) in [6, 6.07) is 1.84. The monoisotopic (exact) mass is 335 g/mol. The van der Waals surface area contributed by atoms with Crippen LogP contribution in [0.3, 0.4) is 0 Å². The molecular weight excluding hydrogens is 310 g/mol. The Morgan fingerprint density at radius 3 is 2.87 bits per heavy atom. The molecule has 23 heavy (non-hydrogen) atoms. The molecule has 0 radical (unpaired) electrons. The van der Waals surface area contributed by atoms with Gasteiger partial charge in [-0.3, -0.25) is 9.69 Å². The van der Waals surface area contributed by atoms with E-state index in [1.807, 2.05) is 6.07 Å². The van der Waals surface area contributed by atoms with E-state index in [1.54, 1.807) is 6.20 Å². The molecule has 4 rings (SSSR count). The Labute approximate surface area is 141 Å². The smallest absolute Gasteiger partial charge is 0.265 e. The van der Waals surface area contributed by atoms with Gasteiger partial charge in [0.05, 0.1) is 13.2 Å². The van der Waals surface area contributed by atoms with Crippen LogP contribution in [0, 0.1) is 16.7 Å². The third-order valence-electron chi connectivity index (χ3n) is 5.98. The molecule has 1 amide bonds. The Hall–Kier alpha value is -0.980. The standard InChI is InChI=1S/C17H25N3O2S/c1-16(2)10-17(11-19-5-7-22-8-6-19)12-20(9-14(16)17)15(21)13-3-4-18-23-13/h3-4,14H,5-12H2,1-2H3/t14-,17+/m1/s1. The van der Waals surface area contributed by atoms with E-state index in [0.29, 0.717) is 11.3 Å². The van der Waals surface area contributed by atoms with Crippen molar-refractivity contribution in [1.29, 1.82) is 0 Å². The van der Waals surface area contributed by atoms with Crippen molar-refractivity contribution >= 4 is 17.4 Å². The Bertz CT molecular complexity index is 583. The molecule has 0 spiro atoms. The Morgan fingerprint density at radius 2 is 2.22 bits per heavy atom. The number of ether oxygens (including phenoxy) is 1. The fourth-order valence-electron chi connectivity index (χ4n) is 5.18. The van der Waals surface area contributed by atoms with Crippen LogP contribution in [0.5, 0.6) is 0 Å². The largest absolute Gasteiger partial charge is 0.379 e. The number of morpholine rings is 1. The first-order valence-corrected chi connectivity index (χ1v) is 9.28. The molecule has 3 fully saturated rings. The Kier molecular flexibility index (Phi) is 3.74. The fourth-order valence-corrected chi connectivity index (χ4v) is 5.75. The summed E-state index contributed by atoms with van der Waals surface area (Å²) in [5.74, 6) is 0.772. The average Bonchev–Trinajstić information content (AvgIpc) is 3.14. The summed E-state index contributed by atoms with van der Waals surface area (Å²) in [5.41, 5.74) is 0.621. The van der Waals surface area contributed by atoms with Gasteiger partial charge in [-0.2, -0.15) is 0 Å². The van der Waals surface area contributed by atoms with Crippen LogP contribution in [0.1, 0.15) is 29.9 Å². The minimum absolute atomic E-state index is 0.166. The van der Waals surface area contributed by atoms with Crippen molar-refractivity contribution in [1.82, 2.24) is 14.2 Å². The number of rotatable bonds is 3. The van der Waals surface area contributed by atoms with E-state index < -0.39 is 0 Å². The highest BCUT2D eigenvalue weighted by Gasteiger charge is 2.63. The molecule has 2 atom stereocenters. The quantitative estimate of drug-likeness (QED) is 0.847. The van der Waals surface area contributed by atoms with Gasteiger partial charge in [-0.15, -0.1) is 0 Å². The zero-order chi connectivity index (χ0) is 16.1.